The summed E-state index contributed by atoms with van der Waals surface area (Å²) in [7, 11) is 1.93. The molecule has 0 spiro atoms. The molecule has 1 heterocycles. The van der Waals surface area contributed by atoms with Crippen LogP contribution in [0, 0.1) is 19.7 Å². The van der Waals surface area contributed by atoms with E-state index < -0.39 is 0 Å². The number of rotatable bonds is 6. The van der Waals surface area contributed by atoms with Crippen LogP contribution in [0.2, 0.25) is 0 Å². The van der Waals surface area contributed by atoms with Gasteiger partial charge in [-0.05, 0) is 43.5 Å². The van der Waals surface area contributed by atoms with E-state index in [0.717, 1.165) is 22.8 Å². The van der Waals surface area contributed by atoms with Crippen LogP contribution in [-0.4, -0.2) is 20.7 Å². The Morgan fingerprint density at radius 2 is 1.87 bits per heavy atom. The summed E-state index contributed by atoms with van der Waals surface area (Å²) in [6.07, 6.45) is 0. The lowest BCUT2D eigenvalue weighted by molar-refractivity contribution is 0.606. The van der Waals surface area contributed by atoms with Crippen LogP contribution in [0.3, 0.4) is 0 Å². The number of aryl methyl sites for hydroxylation is 2. The Bertz CT molecular complexity index is 987. The molecule has 0 radical (unpaired) electrons. The summed E-state index contributed by atoms with van der Waals surface area (Å²) in [4.78, 5) is 4.69. The minimum absolute atomic E-state index is 0. The van der Waals surface area contributed by atoms with Crippen molar-refractivity contribution in [2.24, 2.45) is 12.0 Å². The van der Waals surface area contributed by atoms with Gasteiger partial charge in [-0.25, -0.2) is 9.38 Å². The second-order valence-electron chi connectivity index (χ2n) is 7.10. The molecular formula is C22H28FIN6. The number of hydrogen-bond acceptors (Lipinski definition) is 3. The van der Waals surface area contributed by atoms with Gasteiger partial charge >= 0.3 is 0 Å². The molecule has 30 heavy (non-hydrogen) atoms. The molecular weight excluding hydrogens is 494 g/mol. The highest BCUT2D eigenvalue weighted by Crippen LogP contribution is 2.16. The van der Waals surface area contributed by atoms with E-state index in [9.17, 15) is 4.39 Å². The lowest BCUT2D eigenvalue weighted by Gasteiger charge is -2.19. The Balaban J connectivity index is 0.00000320. The number of nitrogens with zero attached hydrogens (tertiary/aromatic N) is 4. The van der Waals surface area contributed by atoms with Gasteiger partial charge in [-0.1, -0.05) is 42.5 Å². The largest absolute Gasteiger partial charge is 0.350 e. The lowest BCUT2D eigenvalue weighted by atomic mass is 10.1. The fraction of sp³-hybridized carbons (Fsp3) is 0.318. The maximum Gasteiger partial charge on any atom is 0.192 e. The van der Waals surface area contributed by atoms with Crippen LogP contribution >= 0.6 is 24.0 Å². The molecule has 3 aromatic rings. The first-order valence-corrected chi connectivity index (χ1v) is 9.63. The van der Waals surface area contributed by atoms with Gasteiger partial charge in [0.2, 0.25) is 0 Å². The highest BCUT2D eigenvalue weighted by molar-refractivity contribution is 14.0. The van der Waals surface area contributed by atoms with Crippen LogP contribution in [0.1, 0.15) is 41.3 Å². The van der Waals surface area contributed by atoms with Crippen molar-refractivity contribution in [2.75, 3.05) is 0 Å². The summed E-state index contributed by atoms with van der Waals surface area (Å²) in [5.74, 6) is 2.08. The van der Waals surface area contributed by atoms with Crippen LogP contribution in [0.4, 0.5) is 4.39 Å². The smallest absolute Gasteiger partial charge is 0.192 e. The number of aromatic nitrogens is 3. The molecule has 6 nitrogen and oxygen atoms in total. The number of hydrogen-bond donors (Lipinski definition) is 2. The third kappa shape index (κ3) is 6.25. The van der Waals surface area contributed by atoms with E-state index in [1.54, 1.807) is 19.1 Å². The molecule has 2 N–H and O–H groups in total. The SMILES string of the molecule is Cc1ccc(C(C)NC(=NCc2ccccc2)NCc2nnc(C)n2C)cc1F.I. The predicted octanol–water partition coefficient (Wildman–Crippen LogP) is 4.19. The summed E-state index contributed by atoms with van der Waals surface area (Å²) in [5.41, 5.74) is 2.60. The molecule has 0 saturated carbocycles. The fourth-order valence-corrected chi connectivity index (χ4v) is 2.84. The molecule has 0 fully saturated rings. The second-order valence-corrected chi connectivity index (χ2v) is 7.10. The minimum atomic E-state index is -0.207. The first-order valence-electron chi connectivity index (χ1n) is 9.63. The van der Waals surface area contributed by atoms with E-state index in [-0.39, 0.29) is 35.8 Å². The van der Waals surface area contributed by atoms with Crippen LogP contribution in [-0.2, 0) is 20.1 Å². The predicted molar refractivity (Wildman–Crippen MR) is 128 cm³/mol. The van der Waals surface area contributed by atoms with Crippen LogP contribution < -0.4 is 10.6 Å². The van der Waals surface area contributed by atoms with Gasteiger partial charge in [0, 0.05) is 7.05 Å². The maximum atomic E-state index is 14.0. The molecule has 0 aliphatic rings. The van der Waals surface area contributed by atoms with E-state index >= 15 is 0 Å². The Morgan fingerprint density at radius 3 is 2.50 bits per heavy atom. The second kappa shape index (κ2) is 11.1. The van der Waals surface area contributed by atoms with Crippen molar-refractivity contribution in [3.05, 3.63) is 82.7 Å². The summed E-state index contributed by atoms with van der Waals surface area (Å²) in [6, 6.07) is 15.2. The zero-order valence-electron chi connectivity index (χ0n) is 17.7. The van der Waals surface area contributed by atoms with Crippen molar-refractivity contribution in [3.8, 4) is 0 Å². The Kier molecular flexibility index (Phi) is 8.76. The Morgan fingerprint density at radius 1 is 1.13 bits per heavy atom. The van der Waals surface area contributed by atoms with Gasteiger partial charge in [-0.15, -0.1) is 34.2 Å². The van der Waals surface area contributed by atoms with E-state index in [4.69, 9.17) is 4.99 Å². The average Bonchev–Trinajstić information content (AvgIpc) is 3.04. The number of nitrogens with one attached hydrogen (secondary N) is 2. The normalized spacial score (nSPS) is 12.2. The first-order chi connectivity index (χ1) is 13.9. The Labute approximate surface area is 194 Å². The molecule has 0 saturated heterocycles. The number of halogens is 2. The molecule has 0 aliphatic heterocycles. The molecule has 8 heteroatoms. The summed E-state index contributed by atoms with van der Waals surface area (Å²) < 4.78 is 15.9. The van der Waals surface area contributed by atoms with Gasteiger partial charge in [-0.3, -0.25) is 0 Å². The zero-order valence-corrected chi connectivity index (χ0v) is 20.0. The highest BCUT2D eigenvalue weighted by Gasteiger charge is 2.12. The van der Waals surface area contributed by atoms with Crippen molar-refractivity contribution < 1.29 is 4.39 Å². The molecule has 160 valence electrons. The standard InChI is InChI=1S/C22H27FN6.HI/c1-15-10-11-19(12-20(15)23)16(2)26-22(24-13-18-8-6-5-7-9-18)25-14-21-28-27-17(3)29(21)4;/h5-12,16H,13-14H2,1-4H3,(H2,24,25,26);1H. The van der Waals surface area contributed by atoms with E-state index in [2.05, 4.69) is 20.8 Å². The number of benzene rings is 2. The third-order valence-electron chi connectivity index (χ3n) is 4.91. The molecule has 1 atom stereocenters. The molecule has 3 rings (SSSR count). The van der Waals surface area contributed by atoms with E-state index in [0.29, 0.717) is 24.6 Å². The minimum Gasteiger partial charge on any atom is -0.350 e. The Hall–Kier alpha value is -2.49. The molecule has 1 aromatic heterocycles. The molecule has 0 aliphatic carbocycles. The van der Waals surface area contributed by atoms with Gasteiger partial charge in [0.25, 0.3) is 0 Å². The van der Waals surface area contributed by atoms with Crippen molar-refractivity contribution in [2.45, 2.75) is 39.9 Å². The molecule has 1 unspecified atom stereocenters. The maximum absolute atomic E-state index is 14.0. The average molecular weight is 522 g/mol. The first kappa shape index (κ1) is 23.8. The van der Waals surface area contributed by atoms with Gasteiger partial charge in [0.15, 0.2) is 11.8 Å². The topological polar surface area (TPSA) is 67.1 Å². The fourth-order valence-electron chi connectivity index (χ4n) is 2.84. The van der Waals surface area contributed by atoms with Crippen molar-refractivity contribution in [1.82, 2.24) is 25.4 Å². The van der Waals surface area contributed by atoms with Crippen molar-refractivity contribution >= 4 is 29.9 Å². The number of aliphatic imine (C=N–C) groups is 1. The van der Waals surface area contributed by atoms with Gasteiger partial charge in [0.05, 0.1) is 19.1 Å². The van der Waals surface area contributed by atoms with Crippen LogP contribution in [0.5, 0.6) is 0 Å². The van der Waals surface area contributed by atoms with Gasteiger partial charge < -0.3 is 15.2 Å². The van der Waals surface area contributed by atoms with E-state index in [1.165, 1.54) is 0 Å². The van der Waals surface area contributed by atoms with Gasteiger partial charge in [-0.2, -0.15) is 0 Å². The quantitative estimate of drug-likeness (QED) is 0.290. The van der Waals surface area contributed by atoms with Crippen molar-refractivity contribution in [3.63, 3.8) is 0 Å². The number of guanidine groups is 1. The highest BCUT2D eigenvalue weighted by atomic mass is 127. The summed E-state index contributed by atoms with van der Waals surface area (Å²) in [5, 5.41) is 14.9. The van der Waals surface area contributed by atoms with E-state index in [1.807, 2.05) is 61.9 Å². The van der Waals surface area contributed by atoms with Crippen molar-refractivity contribution in [1.29, 1.82) is 0 Å². The molecule has 0 bridgehead atoms. The summed E-state index contributed by atoms with van der Waals surface area (Å²) in [6.45, 7) is 6.66. The third-order valence-corrected chi connectivity index (χ3v) is 4.91. The van der Waals surface area contributed by atoms with Crippen LogP contribution in [0.15, 0.2) is 53.5 Å². The molecule has 2 aromatic carbocycles. The monoisotopic (exact) mass is 522 g/mol. The van der Waals surface area contributed by atoms with Gasteiger partial charge in [0.1, 0.15) is 11.6 Å². The zero-order chi connectivity index (χ0) is 20.8. The lowest BCUT2D eigenvalue weighted by Crippen LogP contribution is -2.39. The van der Waals surface area contributed by atoms with Crippen LogP contribution in [0.25, 0.3) is 0 Å². The molecule has 0 amide bonds. The summed E-state index contributed by atoms with van der Waals surface area (Å²) >= 11 is 0.